The van der Waals surface area contributed by atoms with Gasteiger partial charge in [0.1, 0.15) is 0 Å². The summed E-state index contributed by atoms with van der Waals surface area (Å²) in [5, 5.41) is 12.7. The molecule has 0 saturated carbocycles. The largest absolute Gasteiger partial charge is 0.437 e. The van der Waals surface area contributed by atoms with Crippen LogP contribution in [0.5, 0.6) is 0 Å². The molecule has 1 heterocycles. The monoisotopic (exact) mass is 220 g/mol. The number of aromatic nitrogens is 2. The van der Waals surface area contributed by atoms with E-state index in [1.165, 1.54) is 0 Å². The van der Waals surface area contributed by atoms with Gasteiger partial charge in [0, 0.05) is 5.56 Å². The first-order valence-corrected chi connectivity index (χ1v) is 4.96. The van der Waals surface area contributed by atoms with Gasteiger partial charge in [0.05, 0.1) is 13.2 Å². The van der Waals surface area contributed by atoms with Crippen molar-refractivity contribution >= 4 is 0 Å². The van der Waals surface area contributed by atoms with Crippen LogP contribution in [0.3, 0.4) is 0 Å². The SMILES string of the molecule is Cc1ccc(-c2nn(CCO)c(=O)o2)cc1. The van der Waals surface area contributed by atoms with Crippen LogP contribution in [-0.2, 0) is 6.54 Å². The Morgan fingerprint density at radius 3 is 2.69 bits per heavy atom. The molecule has 0 aliphatic rings. The fourth-order valence-electron chi connectivity index (χ4n) is 1.36. The topological polar surface area (TPSA) is 68.3 Å². The lowest BCUT2D eigenvalue weighted by Crippen LogP contribution is -2.17. The average Bonchev–Trinajstić information content (AvgIpc) is 2.62. The van der Waals surface area contributed by atoms with E-state index >= 15 is 0 Å². The summed E-state index contributed by atoms with van der Waals surface area (Å²) in [5.41, 5.74) is 1.88. The van der Waals surface area contributed by atoms with Crippen LogP contribution in [-0.4, -0.2) is 21.5 Å². The molecule has 1 aromatic carbocycles. The molecule has 0 unspecified atom stereocenters. The summed E-state index contributed by atoms with van der Waals surface area (Å²) in [7, 11) is 0. The number of aliphatic hydroxyl groups excluding tert-OH is 1. The highest BCUT2D eigenvalue weighted by molar-refractivity contribution is 5.52. The van der Waals surface area contributed by atoms with Gasteiger partial charge in [0.15, 0.2) is 0 Å². The second-order valence-corrected chi connectivity index (χ2v) is 3.49. The first kappa shape index (κ1) is 10.6. The summed E-state index contributed by atoms with van der Waals surface area (Å²) < 4.78 is 6.08. The second-order valence-electron chi connectivity index (χ2n) is 3.49. The fraction of sp³-hybridized carbons (Fsp3) is 0.273. The predicted octanol–water partition coefficient (Wildman–Crippen LogP) is 0.804. The summed E-state index contributed by atoms with van der Waals surface area (Å²) in [6, 6.07) is 7.51. The van der Waals surface area contributed by atoms with Gasteiger partial charge in [0.25, 0.3) is 0 Å². The molecule has 0 bridgehead atoms. The van der Waals surface area contributed by atoms with E-state index in [0.29, 0.717) is 0 Å². The summed E-state index contributed by atoms with van der Waals surface area (Å²) in [6.45, 7) is 1.98. The van der Waals surface area contributed by atoms with Crippen molar-refractivity contribution in [3.8, 4) is 11.5 Å². The van der Waals surface area contributed by atoms with E-state index in [0.717, 1.165) is 15.8 Å². The molecule has 1 N–H and O–H groups in total. The van der Waals surface area contributed by atoms with Crippen LogP contribution in [0.2, 0.25) is 0 Å². The normalized spacial score (nSPS) is 10.6. The van der Waals surface area contributed by atoms with Crippen molar-refractivity contribution < 1.29 is 9.52 Å². The van der Waals surface area contributed by atoms with Crippen LogP contribution in [0.15, 0.2) is 33.5 Å². The third-order valence-electron chi connectivity index (χ3n) is 2.22. The average molecular weight is 220 g/mol. The zero-order valence-corrected chi connectivity index (χ0v) is 8.88. The van der Waals surface area contributed by atoms with Crippen molar-refractivity contribution in [2.45, 2.75) is 13.5 Å². The maximum atomic E-state index is 11.3. The lowest BCUT2D eigenvalue weighted by Gasteiger charge is -1.95. The lowest BCUT2D eigenvalue weighted by atomic mass is 10.1. The molecule has 2 rings (SSSR count). The van der Waals surface area contributed by atoms with Gasteiger partial charge in [-0.2, -0.15) is 4.68 Å². The maximum Gasteiger partial charge on any atom is 0.437 e. The number of aryl methyl sites for hydroxylation is 1. The van der Waals surface area contributed by atoms with E-state index in [-0.39, 0.29) is 19.0 Å². The Labute approximate surface area is 92.0 Å². The van der Waals surface area contributed by atoms with Gasteiger partial charge in [-0.3, -0.25) is 0 Å². The highest BCUT2D eigenvalue weighted by Gasteiger charge is 2.09. The summed E-state index contributed by atoms with van der Waals surface area (Å²) >= 11 is 0. The van der Waals surface area contributed by atoms with Crippen molar-refractivity contribution in [3.05, 3.63) is 40.4 Å². The summed E-state index contributed by atoms with van der Waals surface area (Å²) in [5.74, 6) is -0.275. The molecular formula is C11H12N2O3. The maximum absolute atomic E-state index is 11.3. The van der Waals surface area contributed by atoms with Gasteiger partial charge in [-0.25, -0.2) is 4.79 Å². The van der Waals surface area contributed by atoms with Gasteiger partial charge < -0.3 is 9.52 Å². The van der Waals surface area contributed by atoms with E-state index < -0.39 is 5.76 Å². The number of nitrogens with zero attached hydrogens (tertiary/aromatic N) is 2. The molecule has 0 amide bonds. The van der Waals surface area contributed by atoms with Crippen LogP contribution < -0.4 is 5.76 Å². The Kier molecular flexibility index (Phi) is 2.87. The number of hydrogen-bond acceptors (Lipinski definition) is 4. The molecule has 0 atom stereocenters. The minimum Gasteiger partial charge on any atom is -0.394 e. The lowest BCUT2D eigenvalue weighted by molar-refractivity contribution is 0.264. The Balaban J connectivity index is 2.37. The van der Waals surface area contributed by atoms with Crippen LogP contribution in [0.1, 0.15) is 5.56 Å². The molecule has 0 radical (unpaired) electrons. The van der Waals surface area contributed by atoms with Crippen LogP contribution in [0.4, 0.5) is 0 Å². The molecule has 0 saturated heterocycles. The molecule has 2 aromatic rings. The number of benzene rings is 1. The Morgan fingerprint density at radius 1 is 1.38 bits per heavy atom. The molecule has 1 aromatic heterocycles. The van der Waals surface area contributed by atoms with Crippen LogP contribution in [0.25, 0.3) is 11.5 Å². The Hall–Kier alpha value is -1.88. The Morgan fingerprint density at radius 2 is 2.06 bits per heavy atom. The van der Waals surface area contributed by atoms with E-state index in [1.54, 1.807) is 0 Å². The molecule has 5 heteroatoms. The third-order valence-corrected chi connectivity index (χ3v) is 2.22. The molecule has 0 spiro atoms. The van der Waals surface area contributed by atoms with E-state index in [9.17, 15) is 4.79 Å². The number of rotatable bonds is 3. The van der Waals surface area contributed by atoms with Gasteiger partial charge in [0.2, 0.25) is 5.89 Å². The van der Waals surface area contributed by atoms with E-state index in [2.05, 4.69) is 5.10 Å². The van der Waals surface area contributed by atoms with Crippen molar-refractivity contribution in [2.24, 2.45) is 0 Å². The van der Waals surface area contributed by atoms with E-state index in [1.807, 2.05) is 31.2 Å². The smallest absolute Gasteiger partial charge is 0.394 e. The highest BCUT2D eigenvalue weighted by Crippen LogP contribution is 2.15. The molecule has 5 nitrogen and oxygen atoms in total. The van der Waals surface area contributed by atoms with Gasteiger partial charge in [-0.1, -0.05) is 17.7 Å². The number of hydrogen-bond donors (Lipinski definition) is 1. The van der Waals surface area contributed by atoms with Crippen molar-refractivity contribution in [1.82, 2.24) is 9.78 Å². The van der Waals surface area contributed by atoms with Crippen molar-refractivity contribution in [1.29, 1.82) is 0 Å². The Bertz CT molecular complexity index is 525. The zero-order valence-electron chi connectivity index (χ0n) is 8.88. The second kappa shape index (κ2) is 4.32. The van der Waals surface area contributed by atoms with Crippen molar-refractivity contribution in [2.75, 3.05) is 6.61 Å². The number of aliphatic hydroxyl groups is 1. The molecule has 84 valence electrons. The molecule has 0 aliphatic carbocycles. The minimum absolute atomic E-state index is 0.139. The molecular weight excluding hydrogens is 208 g/mol. The fourth-order valence-corrected chi connectivity index (χ4v) is 1.36. The predicted molar refractivity (Wildman–Crippen MR) is 58.0 cm³/mol. The van der Waals surface area contributed by atoms with Gasteiger partial charge in [-0.15, -0.1) is 5.10 Å². The van der Waals surface area contributed by atoms with Crippen molar-refractivity contribution in [3.63, 3.8) is 0 Å². The molecule has 16 heavy (non-hydrogen) atoms. The summed E-state index contributed by atoms with van der Waals surface area (Å²) in [6.07, 6.45) is 0. The molecule has 0 aliphatic heterocycles. The zero-order chi connectivity index (χ0) is 11.5. The highest BCUT2D eigenvalue weighted by atomic mass is 16.4. The minimum atomic E-state index is -0.551. The van der Waals surface area contributed by atoms with E-state index in [4.69, 9.17) is 9.52 Å². The van der Waals surface area contributed by atoms with Crippen LogP contribution >= 0.6 is 0 Å². The first-order chi connectivity index (χ1) is 7.70. The van der Waals surface area contributed by atoms with Crippen LogP contribution in [0, 0.1) is 6.92 Å². The van der Waals surface area contributed by atoms with Gasteiger partial charge >= 0.3 is 5.76 Å². The first-order valence-electron chi connectivity index (χ1n) is 4.96. The molecule has 0 fully saturated rings. The third kappa shape index (κ3) is 2.04. The van der Waals surface area contributed by atoms with Gasteiger partial charge in [-0.05, 0) is 19.1 Å². The standard InChI is InChI=1S/C11H12N2O3/c1-8-2-4-9(5-3-8)10-12-13(6-7-14)11(15)16-10/h2-5,14H,6-7H2,1H3. The summed E-state index contributed by atoms with van der Waals surface area (Å²) in [4.78, 5) is 11.3. The quantitative estimate of drug-likeness (QED) is 0.830.